The first kappa shape index (κ1) is 45.4. The lowest BCUT2D eigenvalue weighted by atomic mass is 10.0. The first-order chi connectivity index (χ1) is 32.0. The van der Waals surface area contributed by atoms with Crippen LogP contribution >= 0.6 is 11.6 Å². The van der Waals surface area contributed by atoms with Crippen LogP contribution in [0.15, 0.2) is 59.7 Å². The Kier molecular flexibility index (Phi) is 11.7. The summed E-state index contributed by atoms with van der Waals surface area (Å²) >= 11 is 6.06. The fourth-order valence-electron chi connectivity index (χ4n) is 10.7. The molecule has 18 heteroatoms. The molecule has 2 saturated carbocycles. The fourth-order valence-corrected chi connectivity index (χ4v) is 10.8. The number of alkyl halides is 3. The van der Waals surface area contributed by atoms with Gasteiger partial charge in [-0.2, -0.15) is 18.2 Å². The van der Waals surface area contributed by atoms with E-state index in [1.165, 1.54) is 16.8 Å². The molecule has 3 fully saturated rings. The molecule has 0 spiro atoms. The van der Waals surface area contributed by atoms with E-state index in [-0.39, 0.29) is 61.9 Å². The number of fused-ring (bicyclic) bond motifs is 4. The maximum Gasteiger partial charge on any atom is 0.395 e. The molecule has 13 nitrogen and oxygen atoms in total. The van der Waals surface area contributed by atoms with Crippen LogP contribution in [0.25, 0.3) is 27.9 Å². The third-order valence-corrected chi connectivity index (χ3v) is 14.9. The molecule has 0 atom stereocenters. The van der Waals surface area contributed by atoms with E-state index in [4.69, 9.17) is 21.6 Å². The Balaban J connectivity index is 0.972. The standard InChI is InChI=1S/C49H55ClF4N10O3/c1-30-41-43(58-45(57-30)61(24-19-47(2,3)67)33-7-4-5-8-33)64(34-14-21-59(22-15-34)29-48(17-18-48)49(52,53)54)46(66)63(41)35-12-13-39(56-26-35)44(65)60-23-16-36-37-9-6-20-55-42(37)62(40(36)28-60)27-31-10-11-32(50)25-38(31)51/h6,9-13,20,25-26,33-34,67H,4-5,7-8,14-19,21-24,27-29H2,1-3H3. The predicted molar refractivity (Wildman–Crippen MR) is 247 cm³/mol. The fraction of sp³-hybridized carbons (Fsp3) is 0.510. The summed E-state index contributed by atoms with van der Waals surface area (Å²) in [5.74, 6) is -0.259. The minimum atomic E-state index is -4.25. The molecule has 1 amide bonds. The largest absolute Gasteiger partial charge is 0.395 e. The zero-order valence-electron chi connectivity index (χ0n) is 38.0. The van der Waals surface area contributed by atoms with Crippen LogP contribution in [0.3, 0.4) is 0 Å². The monoisotopic (exact) mass is 942 g/mol. The molecule has 0 bridgehead atoms. The Bertz CT molecular complexity index is 2910. The molecule has 6 aromatic rings. The minimum Gasteiger partial charge on any atom is -0.390 e. The van der Waals surface area contributed by atoms with Crippen LogP contribution < -0.4 is 10.6 Å². The van der Waals surface area contributed by atoms with E-state index < -0.39 is 23.0 Å². The number of rotatable bonds is 12. The summed E-state index contributed by atoms with van der Waals surface area (Å²) in [7, 11) is 0. The molecule has 4 aliphatic rings. The highest BCUT2D eigenvalue weighted by molar-refractivity contribution is 6.30. The van der Waals surface area contributed by atoms with Gasteiger partial charge in [-0.3, -0.25) is 13.9 Å². The molecule has 10 rings (SSSR count). The number of carbonyl (C=O) groups excluding carboxylic acids is 1. The zero-order valence-corrected chi connectivity index (χ0v) is 38.8. The van der Waals surface area contributed by atoms with Crippen molar-refractivity contribution >= 4 is 45.7 Å². The SMILES string of the molecule is Cc1nc(N(CCC(C)(C)O)C2CCCC2)nc2c1n(-c1ccc(C(=O)N3CCc4c(n(Cc5ccc(Cl)cc5F)c5ncccc45)C3)nc1)c(=O)n2C1CCN(CC2(C(F)(F)F)CC2)CC1. The molecule has 354 valence electrons. The topological polar surface area (TPSA) is 130 Å². The van der Waals surface area contributed by atoms with E-state index in [0.717, 1.165) is 42.3 Å². The third-order valence-electron chi connectivity index (χ3n) is 14.6. The van der Waals surface area contributed by atoms with Crippen molar-refractivity contribution in [3.05, 3.63) is 104 Å². The van der Waals surface area contributed by atoms with Crippen molar-refractivity contribution in [1.29, 1.82) is 0 Å². The van der Waals surface area contributed by atoms with Gasteiger partial charge < -0.3 is 24.4 Å². The Morgan fingerprint density at radius 3 is 2.42 bits per heavy atom. The van der Waals surface area contributed by atoms with Gasteiger partial charge in [0.1, 0.15) is 22.7 Å². The quantitative estimate of drug-likeness (QED) is 0.120. The van der Waals surface area contributed by atoms with Crippen LogP contribution in [-0.4, -0.2) is 105 Å². The average molecular weight is 943 g/mol. The van der Waals surface area contributed by atoms with Crippen molar-refractivity contribution in [2.24, 2.45) is 5.41 Å². The molecular formula is C49H55ClF4N10O3. The number of benzene rings is 1. The molecule has 7 heterocycles. The van der Waals surface area contributed by atoms with Crippen LogP contribution in [0.1, 0.15) is 111 Å². The van der Waals surface area contributed by atoms with Gasteiger partial charge >= 0.3 is 11.9 Å². The van der Waals surface area contributed by atoms with Crippen molar-refractivity contribution in [3.8, 4) is 5.69 Å². The third kappa shape index (κ3) is 8.60. The zero-order chi connectivity index (χ0) is 47.0. The molecule has 2 aliphatic heterocycles. The van der Waals surface area contributed by atoms with E-state index in [2.05, 4.69) is 14.9 Å². The van der Waals surface area contributed by atoms with Crippen molar-refractivity contribution < 1.29 is 27.5 Å². The van der Waals surface area contributed by atoms with Gasteiger partial charge in [-0.15, -0.1) is 0 Å². The van der Waals surface area contributed by atoms with E-state index >= 15 is 4.39 Å². The van der Waals surface area contributed by atoms with Gasteiger partial charge in [0.15, 0.2) is 5.65 Å². The summed E-state index contributed by atoms with van der Waals surface area (Å²) in [6.45, 7) is 7.56. The van der Waals surface area contributed by atoms with Gasteiger partial charge in [0.05, 0.1) is 41.7 Å². The van der Waals surface area contributed by atoms with Crippen LogP contribution in [0.4, 0.5) is 23.5 Å². The highest BCUT2D eigenvalue weighted by Crippen LogP contribution is 2.58. The number of amides is 1. The minimum absolute atomic E-state index is 0.0394. The number of aliphatic hydroxyl groups is 1. The number of anilines is 1. The second-order valence-electron chi connectivity index (χ2n) is 19.7. The predicted octanol–water partition coefficient (Wildman–Crippen LogP) is 8.56. The van der Waals surface area contributed by atoms with Crippen molar-refractivity contribution in [3.63, 3.8) is 0 Å². The molecule has 67 heavy (non-hydrogen) atoms. The molecule has 1 N–H and O–H groups in total. The molecule has 0 radical (unpaired) electrons. The second-order valence-corrected chi connectivity index (χ2v) is 20.2. The normalized spacial score (nSPS) is 18.3. The van der Waals surface area contributed by atoms with Gasteiger partial charge in [-0.05, 0) is 114 Å². The van der Waals surface area contributed by atoms with Crippen molar-refractivity contribution in [2.75, 3.05) is 37.6 Å². The summed E-state index contributed by atoms with van der Waals surface area (Å²) in [4.78, 5) is 54.5. The Morgan fingerprint density at radius 1 is 0.985 bits per heavy atom. The second kappa shape index (κ2) is 17.3. The summed E-state index contributed by atoms with van der Waals surface area (Å²) in [6.07, 6.45) is 5.25. The number of imidazole rings is 1. The van der Waals surface area contributed by atoms with Gasteiger partial charge in [0.2, 0.25) is 5.95 Å². The highest BCUT2D eigenvalue weighted by Gasteiger charge is 2.63. The van der Waals surface area contributed by atoms with E-state index in [9.17, 15) is 27.9 Å². The lowest BCUT2D eigenvalue weighted by Gasteiger charge is -2.35. The number of hydrogen-bond acceptors (Lipinski definition) is 9. The summed E-state index contributed by atoms with van der Waals surface area (Å²) in [5.41, 5.74) is 2.20. The molecular weight excluding hydrogens is 888 g/mol. The van der Waals surface area contributed by atoms with Crippen LogP contribution in [0, 0.1) is 18.2 Å². The summed E-state index contributed by atoms with van der Waals surface area (Å²) in [6, 6.07) is 11.6. The molecule has 2 aliphatic carbocycles. The Morgan fingerprint density at radius 2 is 1.75 bits per heavy atom. The maximum atomic E-state index is 15.1. The molecule has 1 aromatic carbocycles. The van der Waals surface area contributed by atoms with Gasteiger partial charge in [-0.25, -0.2) is 24.1 Å². The smallest absolute Gasteiger partial charge is 0.390 e. The lowest BCUT2D eigenvalue weighted by Crippen LogP contribution is -2.43. The molecule has 5 aromatic heterocycles. The van der Waals surface area contributed by atoms with Gasteiger partial charge in [0, 0.05) is 72.7 Å². The van der Waals surface area contributed by atoms with Crippen LogP contribution in [-0.2, 0) is 19.5 Å². The first-order valence-electron chi connectivity index (χ1n) is 23.4. The number of aryl methyl sites for hydroxylation is 1. The Hall–Kier alpha value is -5.39. The van der Waals surface area contributed by atoms with Crippen LogP contribution in [0.5, 0.6) is 0 Å². The van der Waals surface area contributed by atoms with Crippen molar-refractivity contribution in [1.82, 2.24) is 43.4 Å². The number of hydrogen-bond donors (Lipinski definition) is 1. The number of pyridine rings is 2. The molecule has 1 saturated heterocycles. The summed E-state index contributed by atoms with van der Waals surface area (Å²) in [5, 5.41) is 12.0. The lowest BCUT2D eigenvalue weighted by molar-refractivity contribution is -0.192. The highest BCUT2D eigenvalue weighted by atomic mass is 35.5. The number of halogens is 5. The number of likely N-dealkylation sites (tertiary alicyclic amines) is 1. The Labute approximate surface area is 390 Å². The number of carbonyl (C=O) groups is 1. The van der Waals surface area contributed by atoms with Gasteiger partial charge in [-0.1, -0.05) is 30.5 Å². The first-order valence-corrected chi connectivity index (χ1v) is 23.8. The average Bonchev–Trinajstić information content (AvgIpc) is 3.61. The van der Waals surface area contributed by atoms with Gasteiger partial charge in [0.25, 0.3) is 5.91 Å². The van der Waals surface area contributed by atoms with Crippen LogP contribution in [0.2, 0.25) is 5.02 Å². The maximum absolute atomic E-state index is 15.1. The number of aromatic nitrogens is 7. The van der Waals surface area contributed by atoms with Crippen molar-refractivity contribution in [2.45, 2.75) is 122 Å². The number of nitrogens with zero attached hydrogens (tertiary/aromatic N) is 10. The van der Waals surface area contributed by atoms with E-state index in [1.54, 1.807) is 53.8 Å². The molecule has 0 unspecified atom stereocenters. The number of piperidine rings is 1. The van der Waals surface area contributed by atoms with E-state index in [0.29, 0.717) is 96.6 Å². The van der Waals surface area contributed by atoms with E-state index in [1.807, 2.05) is 28.5 Å². The summed E-state index contributed by atoms with van der Waals surface area (Å²) < 4.78 is 62.2.